The highest BCUT2D eigenvalue weighted by atomic mass is 32.5. The lowest BCUT2D eigenvalue weighted by molar-refractivity contribution is -0.191. The van der Waals surface area contributed by atoms with Crippen LogP contribution < -0.4 is 0 Å². The Kier molecular flexibility index (Phi) is 4.27. The fraction of sp³-hybridized carbons (Fsp3) is 0. The Morgan fingerprint density at radius 3 is 1.95 bits per heavy atom. The first-order valence-corrected chi connectivity index (χ1v) is 7.28. The van der Waals surface area contributed by atoms with E-state index in [1.54, 1.807) is 0 Å². The topological polar surface area (TPSA) is 75.7 Å². The van der Waals surface area contributed by atoms with E-state index in [1.165, 1.54) is 18.3 Å². The molecule has 1 N–H and O–H groups in total. The number of halogens is 5. The van der Waals surface area contributed by atoms with Crippen molar-refractivity contribution in [1.82, 2.24) is 15.4 Å². The van der Waals surface area contributed by atoms with Crippen LogP contribution in [0.1, 0.15) is 11.3 Å². The summed E-state index contributed by atoms with van der Waals surface area (Å²) in [6.07, 6.45) is 4.57. The van der Waals surface area contributed by atoms with Gasteiger partial charge in [0, 0.05) is 0 Å². The van der Waals surface area contributed by atoms with Crippen molar-refractivity contribution in [2.75, 3.05) is 0 Å². The Labute approximate surface area is 120 Å². The number of aromatic nitrogens is 3. The van der Waals surface area contributed by atoms with Crippen LogP contribution in [0.2, 0.25) is 0 Å². The summed E-state index contributed by atoms with van der Waals surface area (Å²) >= 11 is 0. The van der Waals surface area contributed by atoms with Gasteiger partial charge in [0.2, 0.25) is 0 Å². The third-order valence-electron chi connectivity index (χ3n) is 2.21. The zero-order valence-electron chi connectivity index (χ0n) is 10.6. The van der Waals surface area contributed by atoms with Crippen LogP contribution in [0.5, 0.6) is 0 Å². The van der Waals surface area contributed by atoms with E-state index in [1.807, 2.05) is 0 Å². The highest BCUT2D eigenvalue weighted by Gasteiger charge is 2.65. The Morgan fingerprint density at radius 1 is 1.00 bits per heavy atom. The molecule has 0 aliphatic carbocycles. The number of nitrogens with zero attached hydrogens (tertiary/aromatic N) is 2. The monoisotopic (exact) mass is 341 g/mol. The van der Waals surface area contributed by atoms with E-state index in [9.17, 15) is 19.4 Å². The lowest BCUT2D eigenvalue weighted by Crippen LogP contribution is -2.05. The molecule has 11 heteroatoms. The molecule has 0 atom stereocenters. The van der Waals surface area contributed by atoms with Gasteiger partial charge in [-0.05, 0) is 23.8 Å². The molecule has 0 amide bonds. The normalized spacial score (nSPS) is 14.4. The first-order chi connectivity index (χ1) is 9.96. The summed E-state index contributed by atoms with van der Waals surface area (Å²) in [5.41, 5.74) is 0.811. The van der Waals surface area contributed by atoms with Gasteiger partial charge in [0.1, 0.15) is 10.6 Å². The van der Waals surface area contributed by atoms with Crippen LogP contribution in [0.4, 0.5) is 19.4 Å². The zero-order chi connectivity index (χ0) is 16.9. The van der Waals surface area contributed by atoms with Crippen LogP contribution in [0.25, 0.3) is 12.2 Å². The molecule has 0 unspecified atom stereocenters. The van der Waals surface area contributed by atoms with Crippen molar-refractivity contribution in [3.8, 4) is 0 Å². The SMILES string of the molecule is FS(F)(F)(F)(F)c1ccc(C=Cc2cn[nH]n2)cc1.O=C=O. The predicted molar refractivity (Wildman–Crippen MR) is 68.2 cm³/mol. The standard InChI is InChI=1S/C10H8F5N3S.CO2/c11-19(12,13,14,15)10-5-2-8(3-6-10)1-4-9-7-16-18-17-9;2-1-3/h1-7H,(H,16,17,18);. The maximum Gasteiger partial charge on any atom is 0.373 e. The lowest BCUT2D eigenvalue weighted by atomic mass is 10.2. The zero-order valence-corrected chi connectivity index (χ0v) is 11.4. The molecule has 0 fully saturated rings. The number of carbonyl (C=O) groups excluding carboxylic acids is 2. The van der Waals surface area contributed by atoms with E-state index in [0.717, 1.165) is 12.1 Å². The molecule has 0 bridgehead atoms. The smallest absolute Gasteiger partial charge is 0.197 e. The molecule has 5 nitrogen and oxygen atoms in total. The van der Waals surface area contributed by atoms with Crippen molar-refractivity contribution in [1.29, 1.82) is 0 Å². The maximum atomic E-state index is 12.4. The molecule has 0 saturated carbocycles. The van der Waals surface area contributed by atoms with Gasteiger partial charge < -0.3 is 0 Å². The molecular formula is C11H8F5N3O2S. The van der Waals surface area contributed by atoms with Crippen molar-refractivity contribution in [3.63, 3.8) is 0 Å². The first kappa shape index (κ1) is 17.5. The third kappa shape index (κ3) is 5.46. The van der Waals surface area contributed by atoms with Crippen molar-refractivity contribution >= 4 is 28.5 Å². The van der Waals surface area contributed by atoms with Gasteiger partial charge in [-0.15, -0.1) is 0 Å². The largest absolute Gasteiger partial charge is 0.373 e. The molecule has 1 heterocycles. The van der Waals surface area contributed by atoms with E-state index in [4.69, 9.17) is 9.59 Å². The van der Waals surface area contributed by atoms with Crippen LogP contribution in [0.3, 0.4) is 0 Å². The number of hydrogen-bond acceptors (Lipinski definition) is 4. The number of rotatable bonds is 3. The van der Waals surface area contributed by atoms with Gasteiger partial charge in [-0.25, -0.2) is 0 Å². The van der Waals surface area contributed by atoms with E-state index < -0.39 is 15.1 Å². The van der Waals surface area contributed by atoms with E-state index in [-0.39, 0.29) is 6.15 Å². The van der Waals surface area contributed by atoms with Crippen LogP contribution in [0, 0.1) is 0 Å². The summed E-state index contributed by atoms with van der Waals surface area (Å²) in [5.74, 6) is 0. The average Bonchev–Trinajstić information content (AvgIpc) is 2.88. The average molecular weight is 341 g/mol. The van der Waals surface area contributed by atoms with Gasteiger partial charge in [-0.3, -0.25) is 0 Å². The summed E-state index contributed by atoms with van der Waals surface area (Å²) in [6.45, 7) is 0. The molecule has 120 valence electrons. The Morgan fingerprint density at radius 2 is 1.55 bits per heavy atom. The lowest BCUT2D eigenvalue weighted by Gasteiger charge is -2.40. The van der Waals surface area contributed by atoms with Crippen molar-refractivity contribution in [2.45, 2.75) is 4.90 Å². The number of H-pyrrole nitrogens is 1. The van der Waals surface area contributed by atoms with Crippen LogP contribution in [0.15, 0.2) is 35.4 Å². The van der Waals surface area contributed by atoms with E-state index >= 15 is 0 Å². The fourth-order valence-corrected chi connectivity index (χ4v) is 1.96. The number of hydrogen-bond donors (Lipinski definition) is 1. The van der Waals surface area contributed by atoms with Crippen LogP contribution in [-0.4, -0.2) is 21.6 Å². The highest BCUT2D eigenvalue weighted by molar-refractivity contribution is 8.45. The summed E-state index contributed by atoms with van der Waals surface area (Å²) in [4.78, 5) is 14.3. The molecule has 0 spiro atoms. The number of benzene rings is 1. The van der Waals surface area contributed by atoms with Gasteiger partial charge in [0.05, 0.1) is 6.20 Å². The molecule has 1 aromatic carbocycles. The molecule has 0 aliphatic heterocycles. The molecule has 0 aliphatic rings. The minimum absolute atomic E-state index is 0.250. The van der Waals surface area contributed by atoms with Gasteiger partial charge in [-0.2, -0.15) is 25.0 Å². The second kappa shape index (κ2) is 5.35. The summed E-state index contributed by atoms with van der Waals surface area (Å²) < 4.78 is 62.2. The first-order valence-electron chi connectivity index (χ1n) is 5.33. The van der Waals surface area contributed by atoms with Crippen LogP contribution in [-0.2, 0) is 9.59 Å². The van der Waals surface area contributed by atoms with Crippen LogP contribution >= 0.6 is 10.2 Å². The van der Waals surface area contributed by atoms with Gasteiger partial charge in [0.25, 0.3) is 0 Å². The molecule has 0 saturated heterocycles. The molecular weight excluding hydrogens is 333 g/mol. The predicted octanol–water partition coefficient (Wildman–Crippen LogP) is 4.05. The van der Waals surface area contributed by atoms with E-state index in [0.29, 0.717) is 23.4 Å². The Bertz CT molecular complexity index is 690. The summed E-state index contributed by atoms with van der Waals surface area (Å²) in [7, 11) is -9.59. The second-order valence-electron chi connectivity index (χ2n) is 3.85. The number of aromatic amines is 1. The van der Waals surface area contributed by atoms with E-state index in [2.05, 4.69) is 15.4 Å². The van der Waals surface area contributed by atoms with Crippen molar-refractivity contribution in [2.24, 2.45) is 0 Å². The maximum absolute atomic E-state index is 12.4. The molecule has 2 rings (SSSR count). The quantitative estimate of drug-likeness (QED) is 0.855. The highest BCUT2D eigenvalue weighted by Crippen LogP contribution is 3.02. The Balaban J connectivity index is 0.000000745. The molecule has 22 heavy (non-hydrogen) atoms. The minimum atomic E-state index is -9.59. The fourth-order valence-electron chi connectivity index (χ4n) is 1.31. The van der Waals surface area contributed by atoms with Crippen molar-refractivity contribution < 1.29 is 29.0 Å². The van der Waals surface area contributed by atoms with Gasteiger partial charge in [0.15, 0.2) is 0 Å². The second-order valence-corrected chi connectivity index (χ2v) is 6.26. The van der Waals surface area contributed by atoms with Gasteiger partial charge in [-0.1, -0.05) is 37.6 Å². The Hall–Kier alpha value is -2.52. The minimum Gasteiger partial charge on any atom is -0.197 e. The molecule has 2 aromatic rings. The van der Waals surface area contributed by atoms with Crippen molar-refractivity contribution in [3.05, 3.63) is 41.7 Å². The molecule has 1 aromatic heterocycles. The summed E-state index contributed by atoms with van der Waals surface area (Å²) in [6, 6.07) is 2.65. The molecule has 0 radical (unpaired) electrons. The number of nitrogens with one attached hydrogen (secondary N) is 1. The van der Waals surface area contributed by atoms with Gasteiger partial charge >= 0.3 is 16.4 Å². The summed E-state index contributed by atoms with van der Waals surface area (Å²) in [5, 5.41) is 9.57. The third-order valence-corrected chi connectivity index (χ3v) is 3.37.